The fourth-order valence-corrected chi connectivity index (χ4v) is 14.3. The van der Waals surface area contributed by atoms with Crippen LogP contribution in [-0.4, -0.2) is 44.4 Å². The van der Waals surface area contributed by atoms with E-state index in [2.05, 4.69) is 62.5 Å². The van der Waals surface area contributed by atoms with E-state index in [4.69, 9.17) is 16.3 Å². The second-order valence-corrected chi connectivity index (χ2v) is 19.1. The molecule has 1 amide bonds. The van der Waals surface area contributed by atoms with Gasteiger partial charge in [-0.2, -0.15) is 0 Å². The van der Waals surface area contributed by atoms with E-state index in [9.17, 15) is 4.79 Å². The highest BCUT2D eigenvalue weighted by Gasteiger charge is 2.79. The molecule has 7 nitrogen and oxygen atoms in total. The van der Waals surface area contributed by atoms with Gasteiger partial charge in [-0.05, 0) is 147 Å². The van der Waals surface area contributed by atoms with Crippen LogP contribution in [-0.2, 0) is 14.3 Å². The number of rotatable bonds is 5. The van der Waals surface area contributed by atoms with Gasteiger partial charge in [0.25, 0.3) is 0 Å². The Balaban J connectivity index is 1.14. The first-order valence-electron chi connectivity index (χ1n) is 20.3. The second kappa shape index (κ2) is 12.3. The number of ether oxygens (including phenoxy) is 1. The maximum absolute atomic E-state index is 15.9. The number of esters is 1. The molecule has 10 unspecified atom stereocenters. The van der Waals surface area contributed by atoms with Crippen molar-refractivity contribution in [3.63, 3.8) is 0 Å². The predicted octanol–water partition coefficient (Wildman–Crippen LogP) is 9.58. The average Bonchev–Trinajstić information content (AvgIpc) is 3.82. The number of imidazole rings is 1. The third kappa shape index (κ3) is 4.87. The van der Waals surface area contributed by atoms with Crippen LogP contribution in [0, 0.1) is 63.1 Å². The molecular weight excluding hydrogens is 633 g/mol. The summed E-state index contributed by atoms with van der Waals surface area (Å²) < 4.78 is 5.74. The highest BCUT2D eigenvalue weighted by molar-refractivity contribution is 5.86. The lowest BCUT2D eigenvalue weighted by atomic mass is 9.43. The van der Waals surface area contributed by atoms with Crippen molar-refractivity contribution in [2.45, 2.75) is 131 Å². The van der Waals surface area contributed by atoms with E-state index < -0.39 is 5.41 Å². The number of amides is 1. The minimum absolute atomic E-state index is 0.0422. The van der Waals surface area contributed by atoms with E-state index in [1.165, 1.54) is 37.7 Å². The number of fused-ring (bicyclic) bond motifs is 7. The van der Waals surface area contributed by atoms with Gasteiger partial charge in [0.1, 0.15) is 11.9 Å². The summed E-state index contributed by atoms with van der Waals surface area (Å²) in [6.07, 6.45) is 18.0. The standard InChI is InChI=1S/C44H62N4O3/c1-26(2)43(8)38-35-18-17-32-31-16-14-30(51-27(3)49)23-28(31)13-15-33(32)34(35)19-20-44(38,42(6,7)41(43,4)5)40(50)48-22-10-12-37(48)39-46-25-36(47-39)29-11-9-21-45-24-29/h9,11,21,24-25,28,30-35,37-38H,1,10,12-20,22-23H2,2-8H3,(H,46,47)/t28?,30?,31?,32?,33?,34?,35?,37-,38?,43?,44?/m0/s1. The number of pyridine rings is 1. The van der Waals surface area contributed by atoms with Crippen molar-refractivity contribution < 1.29 is 14.3 Å². The van der Waals surface area contributed by atoms with Gasteiger partial charge in [0, 0.05) is 31.4 Å². The van der Waals surface area contributed by atoms with Crippen molar-refractivity contribution >= 4 is 11.9 Å². The van der Waals surface area contributed by atoms with E-state index in [1.807, 2.05) is 18.5 Å². The van der Waals surface area contributed by atoms with Crippen LogP contribution in [0.3, 0.4) is 0 Å². The summed E-state index contributed by atoms with van der Waals surface area (Å²) in [6, 6.07) is 3.97. The molecule has 0 spiro atoms. The molecule has 5 aliphatic carbocycles. The van der Waals surface area contributed by atoms with Gasteiger partial charge in [-0.1, -0.05) is 46.8 Å². The van der Waals surface area contributed by atoms with Crippen LogP contribution in [0.15, 0.2) is 42.9 Å². The molecule has 0 aromatic carbocycles. The van der Waals surface area contributed by atoms with Crippen molar-refractivity contribution in [2.75, 3.05) is 6.54 Å². The summed E-state index contributed by atoms with van der Waals surface area (Å²) >= 11 is 0. The van der Waals surface area contributed by atoms with Gasteiger partial charge < -0.3 is 14.6 Å². The van der Waals surface area contributed by atoms with Crippen molar-refractivity contribution in [3.8, 4) is 11.3 Å². The zero-order chi connectivity index (χ0) is 36.1. The summed E-state index contributed by atoms with van der Waals surface area (Å²) in [4.78, 5) is 42.8. The fraction of sp³-hybridized carbons (Fsp3) is 0.727. The Hall–Kier alpha value is -2.96. The van der Waals surface area contributed by atoms with Crippen LogP contribution >= 0.6 is 0 Å². The highest BCUT2D eigenvalue weighted by Crippen LogP contribution is 2.81. The van der Waals surface area contributed by atoms with E-state index >= 15 is 4.79 Å². The van der Waals surface area contributed by atoms with Gasteiger partial charge in [-0.3, -0.25) is 14.6 Å². The van der Waals surface area contributed by atoms with Crippen molar-refractivity contribution in [2.24, 2.45) is 63.1 Å². The van der Waals surface area contributed by atoms with Crippen LogP contribution in [0.25, 0.3) is 11.3 Å². The minimum Gasteiger partial charge on any atom is -0.463 e. The maximum Gasteiger partial charge on any atom is 0.302 e. The van der Waals surface area contributed by atoms with Gasteiger partial charge in [0.05, 0.1) is 23.3 Å². The number of carbonyl (C=O) groups excluding carboxylic acids is 2. The van der Waals surface area contributed by atoms with Gasteiger partial charge in [-0.25, -0.2) is 4.98 Å². The Kier molecular flexibility index (Phi) is 8.46. The zero-order valence-corrected chi connectivity index (χ0v) is 32.3. The van der Waals surface area contributed by atoms with Crippen molar-refractivity contribution in [1.29, 1.82) is 0 Å². The molecule has 1 N–H and O–H groups in total. The van der Waals surface area contributed by atoms with Crippen LogP contribution in [0.5, 0.6) is 0 Å². The van der Waals surface area contributed by atoms with Gasteiger partial charge in [-0.15, -0.1) is 0 Å². The largest absolute Gasteiger partial charge is 0.463 e. The summed E-state index contributed by atoms with van der Waals surface area (Å²) in [7, 11) is 0. The lowest BCUT2D eigenvalue weighted by Crippen LogP contribution is -2.60. The van der Waals surface area contributed by atoms with E-state index in [0.717, 1.165) is 79.9 Å². The second-order valence-electron chi connectivity index (χ2n) is 19.1. The summed E-state index contributed by atoms with van der Waals surface area (Å²) in [6.45, 7) is 21.7. The monoisotopic (exact) mass is 694 g/mol. The fourth-order valence-electron chi connectivity index (χ4n) is 14.3. The number of aromatic nitrogens is 3. The Morgan fingerprint density at radius 2 is 1.59 bits per heavy atom. The normalized spacial score (nSPS) is 40.8. The molecule has 0 radical (unpaired) electrons. The zero-order valence-electron chi connectivity index (χ0n) is 32.3. The summed E-state index contributed by atoms with van der Waals surface area (Å²) in [5.41, 5.74) is 2.22. The number of hydrogen-bond acceptors (Lipinski definition) is 5. The number of hydrogen-bond donors (Lipinski definition) is 1. The van der Waals surface area contributed by atoms with Crippen LogP contribution in [0.4, 0.5) is 0 Å². The third-order valence-electron chi connectivity index (χ3n) is 17.3. The molecule has 2 aromatic heterocycles. The molecule has 2 aromatic rings. The molecule has 7 heteroatoms. The average molecular weight is 695 g/mol. The molecule has 5 saturated carbocycles. The number of carbonyl (C=O) groups is 2. The lowest BCUT2D eigenvalue weighted by Gasteiger charge is -2.61. The molecule has 1 saturated heterocycles. The van der Waals surface area contributed by atoms with Crippen molar-refractivity contribution in [1.82, 2.24) is 19.9 Å². The van der Waals surface area contributed by atoms with E-state index in [1.54, 1.807) is 13.1 Å². The third-order valence-corrected chi connectivity index (χ3v) is 17.3. The number of nitrogens with one attached hydrogen (secondary N) is 1. The Morgan fingerprint density at radius 1 is 0.882 bits per heavy atom. The number of nitrogens with zero attached hydrogens (tertiary/aromatic N) is 3. The highest BCUT2D eigenvalue weighted by atomic mass is 16.5. The maximum atomic E-state index is 15.9. The Morgan fingerprint density at radius 3 is 2.31 bits per heavy atom. The SMILES string of the molecule is C=C(C)C1(C)C2C3CCC4C5CCC(OC(C)=O)CC5CCC4C3CCC2(C(=O)N2CCC[C@H]2c2ncc(-c3cccnc3)[nH]2)C(C)(C)C1(C)C. The molecule has 11 atom stereocenters. The molecule has 6 fully saturated rings. The summed E-state index contributed by atoms with van der Waals surface area (Å²) in [5.74, 6) is 5.51. The van der Waals surface area contributed by atoms with Gasteiger partial charge in [0.15, 0.2) is 0 Å². The number of aromatic amines is 1. The minimum atomic E-state index is -0.473. The summed E-state index contributed by atoms with van der Waals surface area (Å²) in [5, 5.41) is 0. The van der Waals surface area contributed by atoms with Crippen LogP contribution in [0.1, 0.15) is 131 Å². The molecule has 6 aliphatic rings. The molecular formula is C44H62N4O3. The molecule has 276 valence electrons. The van der Waals surface area contributed by atoms with Crippen LogP contribution in [0.2, 0.25) is 0 Å². The van der Waals surface area contributed by atoms with E-state index in [-0.39, 0.29) is 40.3 Å². The molecule has 0 bridgehead atoms. The van der Waals surface area contributed by atoms with Crippen molar-refractivity contribution in [3.05, 3.63) is 48.7 Å². The first-order valence-corrected chi connectivity index (χ1v) is 20.3. The molecule has 1 aliphatic heterocycles. The number of likely N-dealkylation sites (tertiary alicyclic amines) is 1. The van der Waals surface area contributed by atoms with Gasteiger partial charge >= 0.3 is 5.97 Å². The predicted molar refractivity (Wildman–Crippen MR) is 200 cm³/mol. The Labute approximate surface area is 306 Å². The number of allylic oxidation sites excluding steroid dienone is 1. The quantitative estimate of drug-likeness (QED) is 0.249. The topological polar surface area (TPSA) is 88.2 Å². The molecule has 51 heavy (non-hydrogen) atoms. The first kappa shape index (κ1) is 35.1. The van der Waals surface area contributed by atoms with Crippen LogP contribution < -0.4 is 0 Å². The van der Waals surface area contributed by atoms with E-state index in [0.29, 0.717) is 23.7 Å². The Bertz CT molecular complexity index is 1680. The smallest absolute Gasteiger partial charge is 0.302 e. The van der Waals surface area contributed by atoms with Gasteiger partial charge in [0.2, 0.25) is 5.91 Å². The molecule has 8 rings (SSSR count). The first-order chi connectivity index (χ1) is 24.2. The number of H-pyrrole nitrogens is 1. The molecule has 3 heterocycles. The lowest BCUT2D eigenvalue weighted by molar-refractivity contribution is -0.173.